The third-order valence-corrected chi connectivity index (χ3v) is 3.80. The van der Waals surface area contributed by atoms with Gasteiger partial charge in [-0.25, -0.2) is 0 Å². The van der Waals surface area contributed by atoms with E-state index in [1.165, 1.54) is 31.5 Å². The van der Waals surface area contributed by atoms with E-state index in [1.807, 2.05) is 0 Å². The highest BCUT2D eigenvalue weighted by Gasteiger charge is 2.17. The first kappa shape index (κ1) is 13.1. The zero-order chi connectivity index (χ0) is 13.0. The van der Waals surface area contributed by atoms with Crippen LogP contribution in [0.2, 0.25) is 0 Å². The summed E-state index contributed by atoms with van der Waals surface area (Å²) in [7, 11) is 2.17. The highest BCUT2D eigenvalue weighted by molar-refractivity contribution is 5.67. The molecule has 98 valence electrons. The van der Waals surface area contributed by atoms with Crippen molar-refractivity contribution in [1.29, 1.82) is 0 Å². The lowest BCUT2D eigenvalue weighted by atomic mass is 9.89. The van der Waals surface area contributed by atoms with Gasteiger partial charge in [-0.05, 0) is 56.4 Å². The summed E-state index contributed by atoms with van der Waals surface area (Å²) >= 11 is 0. The van der Waals surface area contributed by atoms with Gasteiger partial charge in [0.15, 0.2) is 0 Å². The molecular formula is C15H21NO2. The second kappa shape index (κ2) is 6.01. The van der Waals surface area contributed by atoms with Crippen molar-refractivity contribution in [2.24, 2.45) is 0 Å². The number of likely N-dealkylation sites (tertiary alicyclic amines) is 1. The second-order valence-electron chi connectivity index (χ2n) is 5.21. The van der Waals surface area contributed by atoms with Gasteiger partial charge in [-0.1, -0.05) is 24.3 Å². The molecule has 1 saturated heterocycles. The van der Waals surface area contributed by atoms with Gasteiger partial charge in [-0.2, -0.15) is 0 Å². The number of carbonyl (C=O) groups is 1. The molecule has 0 atom stereocenters. The summed E-state index contributed by atoms with van der Waals surface area (Å²) in [5.41, 5.74) is 2.52. The Bertz CT molecular complexity index is 391. The van der Waals surface area contributed by atoms with Gasteiger partial charge in [-0.15, -0.1) is 0 Å². The van der Waals surface area contributed by atoms with Crippen LogP contribution in [0, 0.1) is 0 Å². The Balaban J connectivity index is 1.93. The first-order valence-electron chi connectivity index (χ1n) is 6.64. The smallest absolute Gasteiger partial charge is 0.303 e. The maximum absolute atomic E-state index is 10.5. The zero-order valence-corrected chi connectivity index (χ0v) is 10.9. The molecule has 2 rings (SSSR count). The second-order valence-corrected chi connectivity index (χ2v) is 5.21. The summed E-state index contributed by atoms with van der Waals surface area (Å²) < 4.78 is 0. The first-order valence-corrected chi connectivity index (χ1v) is 6.64. The van der Waals surface area contributed by atoms with Gasteiger partial charge in [0.05, 0.1) is 0 Å². The van der Waals surface area contributed by atoms with Crippen molar-refractivity contribution in [3.63, 3.8) is 0 Å². The molecule has 0 aliphatic carbocycles. The largest absolute Gasteiger partial charge is 0.481 e. The van der Waals surface area contributed by atoms with E-state index in [2.05, 4.69) is 36.2 Å². The van der Waals surface area contributed by atoms with Crippen LogP contribution in [-0.4, -0.2) is 36.1 Å². The number of rotatable bonds is 4. The van der Waals surface area contributed by atoms with Crippen molar-refractivity contribution >= 4 is 5.97 Å². The number of benzene rings is 1. The van der Waals surface area contributed by atoms with Gasteiger partial charge >= 0.3 is 5.97 Å². The molecule has 1 aliphatic heterocycles. The highest BCUT2D eigenvalue weighted by Crippen LogP contribution is 2.27. The van der Waals surface area contributed by atoms with Gasteiger partial charge in [0.2, 0.25) is 0 Å². The number of nitrogens with zero attached hydrogens (tertiary/aromatic N) is 1. The fourth-order valence-electron chi connectivity index (χ4n) is 2.55. The minimum Gasteiger partial charge on any atom is -0.481 e. The monoisotopic (exact) mass is 247 g/mol. The summed E-state index contributed by atoms with van der Waals surface area (Å²) in [4.78, 5) is 12.9. The molecule has 0 aromatic heterocycles. The molecule has 0 unspecified atom stereocenters. The van der Waals surface area contributed by atoms with E-state index >= 15 is 0 Å². The Morgan fingerprint density at radius 3 is 2.44 bits per heavy atom. The quantitative estimate of drug-likeness (QED) is 0.888. The Kier molecular flexibility index (Phi) is 4.37. The van der Waals surface area contributed by atoms with Crippen LogP contribution in [0.1, 0.15) is 36.3 Å². The molecule has 1 heterocycles. The lowest BCUT2D eigenvalue weighted by Gasteiger charge is -2.29. The number of piperidine rings is 1. The van der Waals surface area contributed by atoms with Crippen molar-refractivity contribution in [2.75, 3.05) is 20.1 Å². The number of carboxylic acid groups (broad SMARTS) is 1. The molecule has 3 nitrogen and oxygen atoms in total. The van der Waals surface area contributed by atoms with Crippen LogP contribution in [0.5, 0.6) is 0 Å². The third kappa shape index (κ3) is 3.57. The molecule has 0 saturated carbocycles. The van der Waals surface area contributed by atoms with Crippen LogP contribution in [0.4, 0.5) is 0 Å². The number of aryl methyl sites for hydroxylation is 1. The molecule has 1 aromatic carbocycles. The summed E-state index contributed by atoms with van der Waals surface area (Å²) in [6.07, 6.45) is 3.30. The van der Waals surface area contributed by atoms with Crippen LogP contribution < -0.4 is 0 Å². The third-order valence-electron chi connectivity index (χ3n) is 3.80. The molecule has 1 fully saturated rings. The van der Waals surface area contributed by atoms with Gasteiger partial charge < -0.3 is 10.0 Å². The number of hydrogen-bond donors (Lipinski definition) is 1. The average molecular weight is 247 g/mol. The van der Waals surface area contributed by atoms with Crippen molar-refractivity contribution in [3.8, 4) is 0 Å². The van der Waals surface area contributed by atoms with Crippen LogP contribution >= 0.6 is 0 Å². The fraction of sp³-hybridized carbons (Fsp3) is 0.533. The van der Waals surface area contributed by atoms with Crippen molar-refractivity contribution in [3.05, 3.63) is 35.4 Å². The van der Waals surface area contributed by atoms with E-state index < -0.39 is 5.97 Å². The predicted molar refractivity (Wildman–Crippen MR) is 71.9 cm³/mol. The molecule has 1 N–H and O–H groups in total. The van der Waals surface area contributed by atoms with Gasteiger partial charge in [0, 0.05) is 6.42 Å². The minimum absolute atomic E-state index is 0.216. The molecule has 0 spiro atoms. The first-order chi connectivity index (χ1) is 8.65. The van der Waals surface area contributed by atoms with Gasteiger partial charge in [0.25, 0.3) is 0 Å². The van der Waals surface area contributed by atoms with Gasteiger partial charge in [0.1, 0.15) is 0 Å². The van der Waals surface area contributed by atoms with Crippen molar-refractivity contribution in [2.45, 2.75) is 31.6 Å². The molecule has 0 radical (unpaired) electrons. The summed E-state index contributed by atoms with van der Waals surface area (Å²) in [6.45, 7) is 2.34. The Hall–Kier alpha value is -1.35. The molecule has 1 aliphatic rings. The summed E-state index contributed by atoms with van der Waals surface area (Å²) in [5, 5.41) is 8.65. The Labute approximate surface area is 108 Å². The normalized spacial score (nSPS) is 17.8. The lowest BCUT2D eigenvalue weighted by molar-refractivity contribution is -0.136. The van der Waals surface area contributed by atoms with Crippen LogP contribution in [0.15, 0.2) is 24.3 Å². The molecule has 0 bridgehead atoms. The molecule has 3 heteroatoms. The Morgan fingerprint density at radius 2 is 1.89 bits per heavy atom. The van der Waals surface area contributed by atoms with E-state index in [-0.39, 0.29) is 6.42 Å². The van der Waals surface area contributed by atoms with E-state index in [4.69, 9.17) is 5.11 Å². The number of hydrogen-bond acceptors (Lipinski definition) is 2. The van der Waals surface area contributed by atoms with Crippen molar-refractivity contribution < 1.29 is 9.90 Å². The van der Waals surface area contributed by atoms with Crippen molar-refractivity contribution in [1.82, 2.24) is 4.90 Å². The Morgan fingerprint density at radius 1 is 1.28 bits per heavy atom. The van der Waals surface area contributed by atoms with E-state index in [0.29, 0.717) is 12.3 Å². The molecule has 1 aromatic rings. The maximum atomic E-state index is 10.5. The predicted octanol–water partition coefficient (Wildman–Crippen LogP) is 2.51. The molecule has 18 heavy (non-hydrogen) atoms. The number of aliphatic carboxylic acids is 1. The van der Waals surface area contributed by atoms with E-state index in [0.717, 1.165) is 5.56 Å². The highest BCUT2D eigenvalue weighted by atomic mass is 16.4. The molecule has 0 amide bonds. The topological polar surface area (TPSA) is 40.5 Å². The van der Waals surface area contributed by atoms with E-state index in [1.54, 1.807) is 0 Å². The maximum Gasteiger partial charge on any atom is 0.303 e. The summed E-state index contributed by atoms with van der Waals surface area (Å²) in [5.74, 6) is -0.0517. The van der Waals surface area contributed by atoms with E-state index in [9.17, 15) is 4.79 Å². The summed E-state index contributed by atoms with van der Waals surface area (Å²) in [6, 6.07) is 8.51. The zero-order valence-electron chi connectivity index (χ0n) is 10.9. The average Bonchev–Trinajstić information content (AvgIpc) is 2.38. The molecular weight excluding hydrogens is 226 g/mol. The standard InChI is InChI=1S/C15H21NO2/c1-16-10-8-14(9-11-16)13-5-2-12(3-6-13)4-7-15(17)18/h2-3,5-6,14H,4,7-11H2,1H3,(H,17,18). The number of carboxylic acids is 1. The van der Waals surface area contributed by atoms with Gasteiger partial charge in [-0.3, -0.25) is 4.79 Å². The SMILES string of the molecule is CN1CCC(c2ccc(CCC(=O)O)cc2)CC1. The van der Waals surface area contributed by atoms with Crippen LogP contribution in [0.25, 0.3) is 0 Å². The minimum atomic E-state index is -0.727. The van der Waals surface area contributed by atoms with Crippen LogP contribution in [0.3, 0.4) is 0 Å². The lowest BCUT2D eigenvalue weighted by Crippen LogP contribution is -2.29. The fourth-order valence-corrected chi connectivity index (χ4v) is 2.55. The van der Waals surface area contributed by atoms with Crippen LogP contribution in [-0.2, 0) is 11.2 Å².